The molecule has 0 aliphatic rings. The van der Waals surface area contributed by atoms with Crippen LogP contribution in [0.5, 0.6) is 0 Å². The molecule has 0 fully saturated rings. The van der Waals surface area contributed by atoms with Crippen molar-refractivity contribution in [3.05, 3.63) is 0 Å². The van der Waals surface area contributed by atoms with E-state index in [1.54, 1.807) is 0 Å². The van der Waals surface area contributed by atoms with E-state index >= 15 is 0 Å². The zero-order valence-electron chi connectivity index (χ0n) is 17.7. The first-order valence-electron chi connectivity index (χ1n) is 11.4. The van der Waals surface area contributed by atoms with E-state index < -0.39 is 0 Å². The minimum atomic E-state index is 0.0411. The molecule has 0 aliphatic carbocycles. The minimum Gasteiger partial charge on any atom is -0.600 e. The van der Waals surface area contributed by atoms with Crippen LogP contribution >= 0.6 is 15.9 Å². The summed E-state index contributed by atoms with van der Waals surface area (Å²) >= 11 is 3.51. The molecule has 0 aromatic heterocycles. The highest BCUT2D eigenvalue weighted by molar-refractivity contribution is 9.09. The molecule has 1 unspecified atom stereocenters. The van der Waals surface area contributed by atoms with Crippen LogP contribution in [-0.4, -0.2) is 28.0 Å². The topological polar surface area (TPSA) is 18.5 Å². The number of hydrogen-bond donors (Lipinski definition) is 0. The minimum absolute atomic E-state index is 0.0411. The van der Waals surface area contributed by atoms with Gasteiger partial charge in [-0.1, -0.05) is 107 Å². The van der Waals surface area contributed by atoms with Gasteiger partial charge >= 0.3 is 0 Å². The van der Waals surface area contributed by atoms with Crippen LogP contribution in [0.25, 0.3) is 0 Å². The SMILES string of the molecule is CCCCCCCCCCOC(CCCCCBr)O[Si-]CCCCCC. The number of halogens is 1. The summed E-state index contributed by atoms with van der Waals surface area (Å²) in [4.78, 5) is 0. The molecule has 157 valence electrons. The smallest absolute Gasteiger partial charge is 0.116 e. The molecule has 0 saturated carbocycles. The molecule has 26 heavy (non-hydrogen) atoms. The molecule has 0 bridgehead atoms. The molecular formula is C22H45BrO2Si-. The van der Waals surface area contributed by atoms with Gasteiger partial charge < -0.3 is 9.16 Å². The van der Waals surface area contributed by atoms with Crippen LogP contribution < -0.4 is 0 Å². The third-order valence-electron chi connectivity index (χ3n) is 4.72. The Kier molecular flexibility index (Phi) is 24.2. The fourth-order valence-corrected chi connectivity index (χ4v) is 4.27. The first-order valence-corrected chi connectivity index (χ1v) is 13.6. The molecule has 4 heteroatoms. The maximum absolute atomic E-state index is 6.07. The first kappa shape index (κ1) is 26.6. The maximum Gasteiger partial charge on any atom is 0.116 e. The number of rotatable bonds is 22. The van der Waals surface area contributed by atoms with Crippen molar-refractivity contribution in [1.29, 1.82) is 0 Å². The Morgan fingerprint density at radius 3 is 1.92 bits per heavy atom. The Morgan fingerprint density at radius 2 is 1.27 bits per heavy atom. The van der Waals surface area contributed by atoms with Crippen molar-refractivity contribution in [3.63, 3.8) is 0 Å². The fraction of sp³-hybridized carbons (Fsp3) is 1.00. The highest BCUT2D eigenvalue weighted by atomic mass is 79.9. The zero-order chi connectivity index (χ0) is 19.1. The second-order valence-electron chi connectivity index (χ2n) is 7.39. The predicted octanol–water partition coefficient (Wildman–Crippen LogP) is 8.06. The van der Waals surface area contributed by atoms with Gasteiger partial charge in [0.2, 0.25) is 0 Å². The Hall–Kier alpha value is 0.617. The predicted molar refractivity (Wildman–Crippen MR) is 120 cm³/mol. The molecule has 0 aromatic carbocycles. The van der Waals surface area contributed by atoms with Gasteiger partial charge in [-0.2, -0.15) is 6.04 Å². The molecular weight excluding hydrogens is 404 g/mol. The van der Waals surface area contributed by atoms with Crippen LogP contribution in [0.4, 0.5) is 0 Å². The van der Waals surface area contributed by atoms with Crippen molar-refractivity contribution in [2.24, 2.45) is 0 Å². The van der Waals surface area contributed by atoms with E-state index in [2.05, 4.69) is 29.8 Å². The normalized spacial score (nSPS) is 12.6. The lowest BCUT2D eigenvalue weighted by Crippen LogP contribution is -2.20. The van der Waals surface area contributed by atoms with Crippen molar-refractivity contribution in [1.82, 2.24) is 0 Å². The standard InChI is InChI=1S/C22H45BrO2Si/c1-3-5-7-9-10-11-12-16-20-24-22(18-14-13-15-19-23)25-26-21-17-8-6-4-2/h22H,3-21H2,1-2H3/q-1. The first-order chi connectivity index (χ1) is 12.8. The molecule has 2 nitrogen and oxygen atoms in total. The van der Waals surface area contributed by atoms with Gasteiger partial charge in [0.05, 0.1) is 0 Å². The second-order valence-corrected chi connectivity index (χ2v) is 9.20. The lowest BCUT2D eigenvalue weighted by atomic mass is 10.1. The van der Waals surface area contributed by atoms with Gasteiger partial charge in [-0.25, -0.2) is 0 Å². The van der Waals surface area contributed by atoms with Crippen molar-refractivity contribution in [2.45, 2.75) is 129 Å². The third kappa shape index (κ3) is 20.9. The van der Waals surface area contributed by atoms with E-state index in [0.29, 0.717) is 9.76 Å². The van der Waals surface area contributed by atoms with Crippen molar-refractivity contribution in [3.8, 4) is 0 Å². The lowest BCUT2D eigenvalue weighted by Gasteiger charge is -2.28. The summed E-state index contributed by atoms with van der Waals surface area (Å²) in [6.45, 7) is 5.42. The highest BCUT2D eigenvalue weighted by Gasteiger charge is 2.04. The number of hydrogen-bond acceptors (Lipinski definition) is 2. The Morgan fingerprint density at radius 1 is 0.692 bits per heavy atom. The van der Waals surface area contributed by atoms with E-state index in [1.807, 2.05) is 0 Å². The number of alkyl halides is 1. The molecule has 0 aromatic rings. The molecule has 0 rings (SSSR count). The van der Waals surface area contributed by atoms with E-state index in [-0.39, 0.29) is 6.29 Å². The summed E-state index contributed by atoms with van der Waals surface area (Å²) in [6.07, 6.45) is 21.0. The molecule has 0 N–H and O–H groups in total. The van der Waals surface area contributed by atoms with Gasteiger partial charge in [0.15, 0.2) is 0 Å². The summed E-state index contributed by atoms with van der Waals surface area (Å²) in [6, 6.07) is 1.21. The summed E-state index contributed by atoms with van der Waals surface area (Å²) in [5.41, 5.74) is 0. The van der Waals surface area contributed by atoms with Gasteiger partial charge in [-0.15, -0.1) is 0 Å². The van der Waals surface area contributed by atoms with Crippen LogP contribution in [0.1, 0.15) is 117 Å². The number of unbranched alkanes of at least 4 members (excludes halogenated alkanes) is 12. The molecule has 0 aliphatic heterocycles. The largest absolute Gasteiger partial charge is 0.600 e. The number of ether oxygens (including phenoxy) is 1. The van der Waals surface area contributed by atoms with Crippen LogP contribution in [0.15, 0.2) is 0 Å². The average molecular weight is 450 g/mol. The zero-order valence-corrected chi connectivity index (χ0v) is 20.3. The quantitative estimate of drug-likeness (QED) is 0.0720. The molecule has 1 radical (unpaired) electrons. The van der Waals surface area contributed by atoms with Crippen molar-refractivity contribution in [2.75, 3.05) is 11.9 Å². The Labute approximate surface area is 175 Å². The van der Waals surface area contributed by atoms with Gasteiger partial charge in [0.25, 0.3) is 0 Å². The van der Waals surface area contributed by atoms with Crippen LogP contribution in [0.3, 0.4) is 0 Å². The molecule has 0 heterocycles. The van der Waals surface area contributed by atoms with Crippen molar-refractivity contribution < 1.29 is 9.16 Å². The molecule has 1 atom stereocenters. The highest BCUT2D eigenvalue weighted by Crippen LogP contribution is 2.13. The summed E-state index contributed by atoms with van der Waals surface area (Å²) in [7, 11) is 0.614. The summed E-state index contributed by atoms with van der Waals surface area (Å²) < 4.78 is 12.1. The van der Waals surface area contributed by atoms with E-state index in [0.717, 1.165) is 18.4 Å². The summed E-state index contributed by atoms with van der Waals surface area (Å²) in [5.74, 6) is 0. The monoisotopic (exact) mass is 448 g/mol. The summed E-state index contributed by atoms with van der Waals surface area (Å²) in [5, 5.41) is 1.11. The van der Waals surface area contributed by atoms with Gasteiger partial charge in [0.1, 0.15) is 6.29 Å². The molecule has 0 amide bonds. The van der Waals surface area contributed by atoms with Crippen LogP contribution in [0, 0.1) is 0 Å². The van der Waals surface area contributed by atoms with E-state index in [1.165, 1.54) is 102 Å². The maximum atomic E-state index is 6.07. The lowest BCUT2D eigenvalue weighted by molar-refractivity contribution is -0.0861. The fourth-order valence-electron chi connectivity index (χ4n) is 2.99. The average Bonchev–Trinajstić information content (AvgIpc) is 2.65. The van der Waals surface area contributed by atoms with E-state index in [4.69, 9.17) is 9.16 Å². The van der Waals surface area contributed by atoms with Crippen LogP contribution in [0.2, 0.25) is 6.04 Å². The van der Waals surface area contributed by atoms with Gasteiger partial charge in [-0.3, -0.25) is 9.76 Å². The molecule has 0 spiro atoms. The van der Waals surface area contributed by atoms with E-state index in [9.17, 15) is 0 Å². The van der Waals surface area contributed by atoms with Gasteiger partial charge in [0, 0.05) is 11.9 Å². The van der Waals surface area contributed by atoms with Crippen molar-refractivity contribution >= 4 is 25.7 Å². The Balaban J connectivity index is 3.68. The third-order valence-corrected chi connectivity index (χ3v) is 6.27. The second kappa shape index (κ2) is 23.7. The molecule has 0 saturated heterocycles. The van der Waals surface area contributed by atoms with Crippen LogP contribution in [-0.2, 0) is 9.16 Å². The van der Waals surface area contributed by atoms with Gasteiger partial charge in [-0.05, 0) is 25.7 Å². The Bertz CT molecular complexity index is 254.